The van der Waals surface area contributed by atoms with Crippen LogP contribution in [-0.2, 0) is 9.53 Å². The van der Waals surface area contributed by atoms with Crippen molar-refractivity contribution in [1.29, 1.82) is 0 Å². The summed E-state index contributed by atoms with van der Waals surface area (Å²) in [7, 11) is 1.50. The maximum Gasteiger partial charge on any atom is 0.407 e. The van der Waals surface area contributed by atoms with Crippen molar-refractivity contribution in [3.05, 3.63) is 11.6 Å². The first kappa shape index (κ1) is 13.0. The lowest BCUT2D eigenvalue weighted by Gasteiger charge is -2.32. The van der Waals surface area contributed by atoms with E-state index < -0.39 is 6.09 Å². The normalized spacial score (nSPS) is 20.5. The third kappa shape index (κ3) is 2.96. The number of ketones is 1. The van der Waals surface area contributed by atoms with E-state index in [0.29, 0.717) is 12.0 Å². The van der Waals surface area contributed by atoms with E-state index in [2.05, 4.69) is 0 Å². The molecule has 0 aromatic rings. The molecule has 5 nitrogen and oxygen atoms in total. The first-order valence-electron chi connectivity index (χ1n) is 4.86. The van der Waals surface area contributed by atoms with Crippen LogP contribution in [0.15, 0.2) is 11.6 Å². The summed E-state index contributed by atoms with van der Waals surface area (Å²) in [5.74, 6) is -0.216. The highest BCUT2D eigenvalue weighted by molar-refractivity contribution is 6.30. The van der Waals surface area contributed by atoms with Gasteiger partial charge in [-0.05, 0) is 12.0 Å². The molecule has 0 unspecified atom stereocenters. The minimum absolute atomic E-state index is 0.0708. The number of ether oxygens (including phenoxy) is 1. The smallest absolute Gasteiger partial charge is 0.407 e. The van der Waals surface area contributed by atoms with E-state index in [0.717, 1.165) is 0 Å². The SMILES string of the molecule is COC[C@@H]1CC(C(=O)CCl)=CCN1C(=O)O. The highest BCUT2D eigenvalue weighted by atomic mass is 35.5. The second kappa shape index (κ2) is 5.86. The molecule has 0 spiro atoms. The Morgan fingerprint density at radius 1 is 1.69 bits per heavy atom. The molecule has 1 rings (SSSR count). The van der Waals surface area contributed by atoms with E-state index in [1.807, 2.05) is 0 Å². The van der Waals surface area contributed by atoms with Crippen LogP contribution < -0.4 is 0 Å². The van der Waals surface area contributed by atoms with E-state index in [4.69, 9.17) is 21.4 Å². The van der Waals surface area contributed by atoms with E-state index in [1.54, 1.807) is 6.08 Å². The number of nitrogens with zero attached hydrogens (tertiary/aromatic N) is 1. The fraction of sp³-hybridized carbons (Fsp3) is 0.600. The van der Waals surface area contributed by atoms with Gasteiger partial charge in [0.15, 0.2) is 5.78 Å². The highest BCUT2D eigenvalue weighted by Gasteiger charge is 2.28. The number of carboxylic acid groups (broad SMARTS) is 1. The van der Waals surface area contributed by atoms with Crippen LogP contribution in [0.3, 0.4) is 0 Å². The van der Waals surface area contributed by atoms with E-state index in [9.17, 15) is 9.59 Å². The van der Waals surface area contributed by atoms with Crippen molar-refractivity contribution >= 4 is 23.5 Å². The number of hydrogen-bond donors (Lipinski definition) is 1. The molecule has 0 aromatic carbocycles. The average Bonchev–Trinajstić information content (AvgIpc) is 2.28. The number of carbonyl (C=O) groups is 2. The van der Waals surface area contributed by atoms with Crippen molar-refractivity contribution in [3.63, 3.8) is 0 Å². The number of Topliss-reactive ketones (excluding diaryl/α,β-unsaturated/α-hetero) is 1. The Bertz CT molecular complexity index is 316. The van der Waals surface area contributed by atoms with Crippen LogP contribution >= 0.6 is 11.6 Å². The van der Waals surface area contributed by atoms with Gasteiger partial charge in [-0.3, -0.25) is 9.69 Å². The number of methoxy groups -OCH3 is 1. The van der Waals surface area contributed by atoms with Crippen LogP contribution in [0.25, 0.3) is 0 Å². The van der Waals surface area contributed by atoms with Crippen LogP contribution in [0.4, 0.5) is 4.79 Å². The largest absolute Gasteiger partial charge is 0.465 e. The molecule has 0 bridgehead atoms. The summed E-state index contributed by atoms with van der Waals surface area (Å²) in [6.07, 6.45) is 0.979. The summed E-state index contributed by atoms with van der Waals surface area (Å²) in [4.78, 5) is 23.6. The van der Waals surface area contributed by atoms with Gasteiger partial charge in [0.1, 0.15) is 0 Å². The van der Waals surface area contributed by atoms with Crippen molar-refractivity contribution in [3.8, 4) is 0 Å². The van der Waals surface area contributed by atoms with Crippen molar-refractivity contribution in [2.45, 2.75) is 12.5 Å². The summed E-state index contributed by atoms with van der Waals surface area (Å²) < 4.78 is 4.95. The topological polar surface area (TPSA) is 66.8 Å². The molecule has 0 saturated carbocycles. The van der Waals surface area contributed by atoms with Crippen LogP contribution in [0, 0.1) is 0 Å². The van der Waals surface area contributed by atoms with Gasteiger partial charge >= 0.3 is 6.09 Å². The summed E-state index contributed by atoms with van der Waals surface area (Å²) >= 11 is 5.46. The molecular formula is C10H14ClNO4. The van der Waals surface area contributed by atoms with Gasteiger partial charge in [0, 0.05) is 13.7 Å². The Kier molecular flexibility index (Phi) is 4.76. The van der Waals surface area contributed by atoms with Crippen LogP contribution in [0.2, 0.25) is 0 Å². The molecule has 0 saturated heterocycles. The predicted octanol–water partition coefficient (Wildman–Crippen LogP) is 1.12. The van der Waals surface area contributed by atoms with Gasteiger partial charge in [-0.15, -0.1) is 11.6 Å². The van der Waals surface area contributed by atoms with E-state index in [-0.39, 0.29) is 30.9 Å². The monoisotopic (exact) mass is 247 g/mol. The summed E-state index contributed by atoms with van der Waals surface area (Å²) in [5, 5.41) is 8.95. The van der Waals surface area contributed by atoms with Gasteiger partial charge in [-0.2, -0.15) is 0 Å². The lowest BCUT2D eigenvalue weighted by atomic mass is 9.98. The minimum Gasteiger partial charge on any atom is -0.465 e. The van der Waals surface area contributed by atoms with Gasteiger partial charge in [-0.1, -0.05) is 6.08 Å². The van der Waals surface area contributed by atoms with Gasteiger partial charge in [-0.25, -0.2) is 4.79 Å². The molecule has 6 heteroatoms. The number of carbonyl (C=O) groups excluding carboxylic acids is 1. The van der Waals surface area contributed by atoms with Gasteiger partial charge < -0.3 is 9.84 Å². The average molecular weight is 248 g/mol. The molecule has 1 N–H and O–H groups in total. The molecule has 1 amide bonds. The zero-order chi connectivity index (χ0) is 12.1. The second-order valence-corrected chi connectivity index (χ2v) is 3.80. The molecule has 1 heterocycles. The first-order chi connectivity index (χ1) is 7.60. The molecule has 1 atom stereocenters. The highest BCUT2D eigenvalue weighted by Crippen LogP contribution is 2.19. The number of hydrogen-bond acceptors (Lipinski definition) is 3. The first-order valence-corrected chi connectivity index (χ1v) is 5.40. The van der Waals surface area contributed by atoms with Gasteiger partial charge in [0.05, 0.1) is 18.5 Å². The third-order valence-electron chi connectivity index (χ3n) is 2.51. The van der Waals surface area contributed by atoms with E-state index in [1.165, 1.54) is 12.0 Å². The van der Waals surface area contributed by atoms with Crippen molar-refractivity contribution in [2.75, 3.05) is 26.1 Å². The zero-order valence-electron chi connectivity index (χ0n) is 8.98. The fourth-order valence-corrected chi connectivity index (χ4v) is 1.87. The maximum absolute atomic E-state index is 11.4. The summed E-state index contributed by atoms with van der Waals surface area (Å²) in [6, 6.07) is -0.310. The number of halogens is 1. The molecule has 90 valence electrons. The minimum atomic E-state index is -1.00. The zero-order valence-corrected chi connectivity index (χ0v) is 9.74. The van der Waals surface area contributed by atoms with Crippen molar-refractivity contribution in [1.82, 2.24) is 4.90 Å². The van der Waals surface area contributed by atoms with Crippen molar-refractivity contribution in [2.24, 2.45) is 0 Å². The second-order valence-electron chi connectivity index (χ2n) is 3.53. The molecule has 0 radical (unpaired) electrons. The fourth-order valence-electron chi connectivity index (χ4n) is 1.69. The van der Waals surface area contributed by atoms with Crippen LogP contribution in [0.5, 0.6) is 0 Å². The predicted molar refractivity (Wildman–Crippen MR) is 58.8 cm³/mol. The quantitative estimate of drug-likeness (QED) is 0.756. The Balaban J connectivity index is 2.77. The van der Waals surface area contributed by atoms with Gasteiger partial charge in [0.25, 0.3) is 0 Å². The lowest BCUT2D eigenvalue weighted by molar-refractivity contribution is -0.113. The molecular weight excluding hydrogens is 234 g/mol. The van der Waals surface area contributed by atoms with Crippen molar-refractivity contribution < 1.29 is 19.4 Å². The molecule has 0 fully saturated rings. The Labute approximate surface area is 98.6 Å². The number of rotatable bonds is 4. The summed E-state index contributed by atoms with van der Waals surface area (Å²) in [5.41, 5.74) is 0.592. The van der Waals surface area contributed by atoms with Crippen LogP contribution in [0.1, 0.15) is 6.42 Å². The van der Waals surface area contributed by atoms with Crippen LogP contribution in [-0.4, -0.2) is 54.1 Å². The summed E-state index contributed by atoms with van der Waals surface area (Å²) in [6.45, 7) is 0.487. The Morgan fingerprint density at radius 2 is 2.38 bits per heavy atom. The maximum atomic E-state index is 11.4. The Hall–Kier alpha value is -1.07. The van der Waals surface area contributed by atoms with Gasteiger partial charge in [0.2, 0.25) is 0 Å². The molecule has 0 aromatic heterocycles. The lowest BCUT2D eigenvalue weighted by Crippen LogP contribution is -2.45. The van der Waals surface area contributed by atoms with E-state index >= 15 is 0 Å². The molecule has 16 heavy (non-hydrogen) atoms. The molecule has 1 aliphatic heterocycles. The molecule has 1 aliphatic rings. The number of amides is 1. The molecule has 0 aliphatic carbocycles. The third-order valence-corrected chi connectivity index (χ3v) is 2.76. The Morgan fingerprint density at radius 3 is 2.88 bits per heavy atom. The standard InChI is InChI=1S/C10H14ClNO4/c1-16-6-8-4-7(9(13)5-11)2-3-12(8)10(14)15/h2,8H,3-6H2,1H3,(H,14,15)/t8-/m0/s1. The number of alkyl halides is 1.